The van der Waals surface area contributed by atoms with Crippen LogP contribution in [0.25, 0.3) is 0 Å². The minimum absolute atomic E-state index is 0.132. The number of anilines is 1. The van der Waals surface area contributed by atoms with E-state index >= 15 is 0 Å². The minimum Gasteiger partial charge on any atom is -0.455 e. The Bertz CT molecular complexity index is 761. The van der Waals surface area contributed by atoms with Gasteiger partial charge in [0, 0.05) is 6.20 Å². The van der Waals surface area contributed by atoms with Crippen molar-refractivity contribution in [2.24, 2.45) is 10.7 Å². The third-order valence-corrected chi connectivity index (χ3v) is 3.62. The van der Waals surface area contributed by atoms with Gasteiger partial charge in [-0.1, -0.05) is 6.07 Å². The summed E-state index contributed by atoms with van der Waals surface area (Å²) in [5, 5.41) is 12.4. The molecule has 0 saturated heterocycles. The van der Waals surface area contributed by atoms with Gasteiger partial charge in [0.05, 0.1) is 12.0 Å². The van der Waals surface area contributed by atoms with Gasteiger partial charge in [-0.15, -0.1) is 0 Å². The number of hydrogen-bond donors (Lipinski definition) is 2. The molecular formula is C13H11N7O. The zero-order valence-corrected chi connectivity index (χ0v) is 10.8. The van der Waals surface area contributed by atoms with Crippen LogP contribution in [-0.4, -0.2) is 26.7 Å². The van der Waals surface area contributed by atoms with Crippen LogP contribution in [0.2, 0.25) is 0 Å². The normalized spacial score (nSPS) is 25.9. The highest BCUT2D eigenvalue weighted by Crippen LogP contribution is 2.41. The molecule has 21 heavy (non-hydrogen) atoms. The molecule has 0 amide bonds. The summed E-state index contributed by atoms with van der Waals surface area (Å²) in [4.78, 5) is 12.7. The van der Waals surface area contributed by atoms with Crippen molar-refractivity contribution < 1.29 is 4.74 Å². The summed E-state index contributed by atoms with van der Waals surface area (Å²) in [7, 11) is 0. The fourth-order valence-corrected chi connectivity index (χ4v) is 2.71. The van der Waals surface area contributed by atoms with Crippen LogP contribution < -0.4 is 11.1 Å². The smallest absolute Gasteiger partial charge is 0.284 e. The van der Waals surface area contributed by atoms with Gasteiger partial charge in [0.2, 0.25) is 0 Å². The molecule has 2 aromatic rings. The lowest BCUT2D eigenvalue weighted by molar-refractivity contribution is 0.130. The summed E-state index contributed by atoms with van der Waals surface area (Å²) in [6.45, 7) is 0. The van der Waals surface area contributed by atoms with Gasteiger partial charge in [-0.25, -0.2) is 9.98 Å². The molecule has 8 heteroatoms. The lowest BCUT2D eigenvalue weighted by Gasteiger charge is -2.33. The Balaban J connectivity index is 1.84. The van der Waals surface area contributed by atoms with Crippen molar-refractivity contribution in [1.82, 2.24) is 14.5 Å². The van der Waals surface area contributed by atoms with E-state index in [-0.39, 0.29) is 24.3 Å². The quantitative estimate of drug-likeness (QED) is 0.788. The number of pyridine rings is 1. The molecule has 104 valence electrons. The van der Waals surface area contributed by atoms with Gasteiger partial charge < -0.3 is 15.8 Å². The Morgan fingerprint density at radius 3 is 3.05 bits per heavy atom. The molecule has 0 bridgehead atoms. The average molecular weight is 281 g/mol. The lowest BCUT2D eigenvalue weighted by atomic mass is 10.0. The molecule has 0 aliphatic carbocycles. The van der Waals surface area contributed by atoms with Crippen LogP contribution >= 0.6 is 0 Å². The maximum absolute atomic E-state index is 9.16. The van der Waals surface area contributed by atoms with Crippen LogP contribution in [0.3, 0.4) is 0 Å². The molecule has 1 unspecified atom stereocenters. The maximum atomic E-state index is 9.16. The first kappa shape index (κ1) is 11.7. The van der Waals surface area contributed by atoms with Crippen LogP contribution in [-0.2, 0) is 4.74 Å². The van der Waals surface area contributed by atoms with Crippen LogP contribution in [0.5, 0.6) is 0 Å². The minimum atomic E-state index is -0.345. The monoisotopic (exact) mass is 281 g/mol. The van der Waals surface area contributed by atoms with Crippen molar-refractivity contribution in [3.63, 3.8) is 0 Å². The largest absolute Gasteiger partial charge is 0.455 e. The predicted molar refractivity (Wildman–Crippen MR) is 73.1 cm³/mol. The van der Waals surface area contributed by atoms with Crippen LogP contribution in [0, 0.1) is 11.3 Å². The zero-order chi connectivity index (χ0) is 14.4. The first-order chi connectivity index (χ1) is 10.3. The summed E-state index contributed by atoms with van der Waals surface area (Å²) in [5.74, 6) is 0.608. The molecule has 0 aromatic carbocycles. The number of rotatable bonds is 1. The van der Waals surface area contributed by atoms with Crippen molar-refractivity contribution in [2.75, 3.05) is 5.32 Å². The molecule has 0 saturated carbocycles. The molecule has 3 N–H and O–H groups in total. The Hall–Kier alpha value is -3.08. The zero-order valence-electron chi connectivity index (χ0n) is 10.8. The van der Waals surface area contributed by atoms with Crippen LogP contribution in [0.15, 0.2) is 35.7 Å². The number of nitrogens with one attached hydrogen (secondary N) is 1. The van der Waals surface area contributed by atoms with Crippen LogP contribution in [0.1, 0.15) is 23.6 Å². The number of fused-ring (bicyclic) bond motifs is 3. The van der Waals surface area contributed by atoms with E-state index in [0.717, 1.165) is 5.69 Å². The molecule has 2 aromatic heterocycles. The molecule has 0 radical (unpaired) electrons. The highest BCUT2D eigenvalue weighted by atomic mass is 16.5. The Morgan fingerprint density at radius 2 is 2.29 bits per heavy atom. The van der Waals surface area contributed by atoms with Crippen molar-refractivity contribution in [1.29, 1.82) is 5.26 Å². The fraction of sp³-hybridized carbons (Fsp3) is 0.231. The number of amidine groups is 1. The second-order valence-corrected chi connectivity index (χ2v) is 4.80. The van der Waals surface area contributed by atoms with E-state index in [1.54, 1.807) is 17.1 Å². The van der Waals surface area contributed by atoms with E-state index in [1.165, 1.54) is 0 Å². The van der Waals surface area contributed by atoms with Crippen molar-refractivity contribution in [2.45, 2.75) is 18.3 Å². The lowest BCUT2D eigenvalue weighted by Crippen LogP contribution is -2.39. The van der Waals surface area contributed by atoms with Gasteiger partial charge in [0.15, 0.2) is 18.0 Å². The second kappa shape index (κ2) is 4.21. The van der Waals surface area contributed by atoms with E-state index in [2.05, 4.69) is 26.3 Å². The third-order valence-electron chi connectivity index (χ3n) is 3.62. The van der Waals surface area contributed by atoms with Gasteiger partial charge >= 0.3 is 0 Å². The van der Waals surface area contributed by atoms with Gasteiger partial charge in [-0.2, -0.15) is 5.26 Å². The second-order valence-electron chi connectivity index (χ2n) is 4.80. The fourth-order valence-electron chi connectivity index (χ4n) is 2.71. The van der Waals surface area contributed by atoms with Crippen molar-refractivity contribution in [3.8, 4) is 6.07 Å². The first-order valence-corrected chi connectivity index (χ1v) is 6.42. The summed E-state index contributed by atoms with van der Waals surface area (Å²) >= 11 is 0. The highest BCUT2D eigenvalue weighted by molar-refractivity contribution is 5.74. The number of aliphatic imine (C=N–C) groups is 1. The number of nitriles is 1. The Kier molecular flexibility index (Phi) is 2.35. The molecule has 4 heterocycles. The number of hydrogen-bond acceptors (Lipinski definition) is 7. The van der Waals surface area contributed by atoms with Crippen molar-refractivity contribution in [3.05, 3.63) is 42.1 Å². The van der Waals surface area contributed by atoms with Gasteiger partial charge in [-0.3, -0.25) is 9.55 Å². The van der Waals surface area contributed by atoms with E-state index in [0.29, 0.717) is 11.5 Å². The molecule has 0 spiro atoms. The summed E-state index contributed by atoms with van der Waals surface area (Å²) < 4.78 is 7.39. The van der Waals surface area contributed by atoms with Gasteiger partial charge in [0.1, 0.15) is 17.9 Å². The number of nitrogens with two attached hydrogens (primary N) is 1. The van der Waals surface area contributed by atoms with E-state index in [4.69, 9.17) is 15.7 Å². The SMILES string of the molecule is N#Cc1ncn2c1NC(c1ccccn1)[C@H]1OC(N)=N[C@H]12. The van der Waals surface area contributed by atoms with E-state index in [9.17, 15) is 0 Å². The number of ether oxygens (including phenoxy) is 1. The highest BCUT2D eigenvalue weighted by Gasteiger charge is 2.44. The molecule has 2 aliphatic rings. The molecule has 0 fully saturated rings. The molecule has 2 aliphatic heterocycles. The third kappa shape index (κ3) is 1.64. The number of imidazole rings is 1. The maximum Gasteiger partial charge on any atom is 0.284 e. The molecule has 8 nitrogen and oxygen atoms in total. The summed E-state index contributed by atoms with van der Waals surface area (Å²) in [5.41, 5.74) is 6.83. The van der Waals surface area contributed by atoms with Crippen LogP contribution in [0.4, 0.5) is 5.82 Å². The molecular weight excluding hydrogens is 270 g/mol. The standard InChI is InChI=1S/C13H11N7O/c14-5-8-11-18-9(7-3-1-2-4-16-7)10-12(19-13(15)21-10)20(11)6-17-8/h1-4,6,9-10,12,18H,(H2,15,19)/t9?,10-,12+/m1/s1. The van der Waals surface area contributed by atoms with Gasteiger partial charge in [0.25, 0.3) is 6.02 Å². The number of aromatic nitrogens is 3. The van der Waals surface area contributed by atoms with E-state index < -0.39 is 0 Å². The summed E-state index contributed by atoms with van der Waals surface area (Å²) in [6, 6.07) is 7.58. The number of nitrogens with zero attached hydrogens (tertiary/aromatic N) is 5. The topological polar surface area (TPSA) is 114 Å². The van der Waals surface area contributed by atoms with E-state index in [1.807, 2.05) is 18.2 Å². The van der Waals surface area contributed by atoms with Crippen molar-refractivity contribution >= 4 is 11.8 Å². The Labute approximate surface area is 119 Å². The Morgan fingerprint density at radius 1 is 1.38 bits per heavy atom. The average Bonchev–Trinajstić information content (AvgIpc) is 3.09. The predicted octanol–water partition coefficient (Wildman–Crippen LogP) is 0.529. The first-order valence-electron chi connectivity index (χ1n) is 6.42. The molecule has 3 atom stereocenters. The van der Waals surface area contributed by atoms with Gasteiger partial charge in [-0.05, 0) is 12.1 Å². The summed E-state index contributed by atoms with van der Waals surface area (Å²) in [6.07, 6.45) is 2.61. The molecule has 4 rings (SSSR count).